The van der Waals surface area contributed by atoms with Crippen molar-refractivity contribution in [1.29, 1.82) is 0 Å². The molecule has 0 aliphatic carbocycles. The summed E-state index contributed by atoms with van der Waals surface area (Å²) in [5.74, 6) is -2.32. The third-order valence-corrected chi connectivity index (χ3v) is 2.14. The average molecular weight is 237 g/mol. The van der Waals surface area contributed by atoms with Crippen LogP contribution in [0.15, 0.2) is 24.3 Å². The number of hydrogen-bond acceptors (Lipinski definition) is 2. The van der Waals surface area contributed by atoms with Crippen molar-refractivity contribution in [3.63, 3.8) is 0 Å². The van der Waals surface area contributed by atoms with Crippen LogP contribution in [-0.2, 0) is 0 Å². The second-order valence-electron chi connectivity index (χ2n) is 3.49. The number of H-pyrrole nitrogens is 1. The Morgan fingerprint density at radius 2 is 2.00 bits per heavy atom. The highest BCUT2D eigenvalue weighted by Gasteiger charge is 2.14. The second-order valence-corrected chi connectivity index (χ2v) is 3.49. The Kier molecular flexibility index (Phi) is 2.86. The molecule has 2 aromatic rings. The Labute approximate surface area is 95.7 Å². The number of carbonyl (C=O) groups is 1. The lowest BCUT2D eigenvalue weighted by molar-refractivity contribution is 0.102. The number of amides is 1. The summed E-state index contributed by atoms with van der Waals surface area (Å²) in [5, 5.41) is 8.39. The maximum absolute atomic E-state index is 13.2. The molecular formula is C11H9F2N3O. The number of carbonyl (C=O) groups excluding carboxylic acids is 1. The van der Waals surface area contributed by atoms with Gasteiger partial charge in [0.15, 0.2) is 5.69 Å². The highest BCUT2D eigenvalue weighted by molar-refractivity contribution is 6.03. The molecule has 0 radical (unpaired) electrons. The molecule has 2 rings (SSSR count). The minimum Gasteiger partial charge on any atom is -0.316 e. The molecule has 1 aromatic carbocycles. The zero-order valence-electron chi connectivity index (χ0n) is 8.92. The lowest BCUT2D eigenvalue weighted by Gasteiger charge is -2.05. The van der Waals surface area contributed by atoms with E-state index in [0.29, 0.717) is 5.69 Å². The third-order valence-electron chi connectivity index (χ3n) is 2.14. The number of hydrogen-bond donors (Lipinski definition) is 2. The van der Waals surface area contributed by atoms with E-state index in [1.165, 1.54) is 12.1 Å². The minimum absolute atomic E-state index is 0.0742. The number of nitrogens with zero attached hydrogens (tertiary/aromatic N) is 1. The second kappa shape index (κ2) is 4.32. The first-order chi connectivity index (χ1) is 8.08. The molecular weight excluding hydrogens is 228 g/mol. The van der Waals surface area contributed by atoms with Crippen LogP contribution < -0.4 is 5.32 Å². The van der Waals surface area contributed by atoms with Crippen LogP contribution in [0.25, 0.3) is 0 Å². The number of aryl methyl sites for hydroxylation is 1. The first kappa shape index (κ1) is 11.3. The van der Waals surface area contributed by atoms with Crippen molar-refractivity contribution in [2.24, 2.45) is 0 Å². The lowest BCUT2D eigenvalue weighted by Crippen LogP contribution is -2.14. The molecule has 1 heterocycles. The lowest BCUT2D eigenvalue weighted by atomic mass is 10.2. The van der Waals surface area contributed by atoms with Crippen LogP contribution in [0.4, 0.5) is 14.5 Å². The summed E-state index contributed by atoms with van der Waals surface area (Å²) in [6.45, 7) is 1.72. The first-order valence-corrected chi connectivity index (χ1v) is 4.85. The molecule has 0 saturated carbocycles. The molecule has 0 spiro atoms. The SMILES string of the molecule is Cc1cc(C(=O)Nc2c(F)cccc2F)n[nH]1. The minimum atomic E-state index is -0.828. The number of halogens is 2. The van der Waals surface area contributed by atoms with E-state index in [9.17, 15) is 13.6 Å². The Morgan fingerprint density at radius 1 is 1.35 bits per heavy atom. The molecule has 0 atom stereocenters. The smallest absolute Gasteiger partial charge is 0.276 e. The van der Waals surface area contributed by atoms with Crippen molar-refractivity contribution in [2.75, 3.05) is 5.32 Å². The van der Waals surface area contributed by atoms with Crippen molar-refractivity contribution < 1.29 is 13.6 Å². The molecule has 0 aliphatic heterocycles. The van der Waals surface area contributed by atoms with Gasteiger partial charge in [-0.1, -0.05) is 6.07 Å². The van der Waals surface area contributed by atoms with Gasteiger partial charge in [-0.15, -0.1) is 0 Å². The Morgan fingerprint density at radius 3 is 2.53 bits per heavy atom. The fourth-order valence-corrected chi connectivity index (χ4v) is 1.33. The fourth-order valence-electron chi connectivity index (χ4n) is 1.33. The van der Waals surface area contributed by atoms with Gasteiger partial charge in [-0.05, 0) is 25.1 Å². The maximum Gasteiger partial charge on any atom is 0.276 e. The van der Waals surface area contributed by atoms with Gasteiger partial charge in [0.05, 0.1) is 0 Å². The van der Waals surface area contributed by atoms with Gasteiger partial charge < -0.3 is 5.32 Å². The van der Waals surface area contributed by atoms with Gasteiger partial charge in [-0.25, -0.2) is 8.78 Å². The summed E-state index contributed by atoms with van der Waals surface area (Å²) in [6.07, 6.45) is 0. The first-order valence-electron chi connectivity index (χ1n) is 4.85. The van der Waals surface area contributed by atoms with Crippen LogP contribution in [0.2, 0.25) is 0 Å². The van der Waals surface area contributed by atoms with Crippen LogP contribution in [-0.4, -0.2) is 16.1 Å². The molecule has 2 N–H and O–H groups in total. The van der Waals surface area contributed by atoms with Crippen LogP contribution in [0.1, 0.15) is 16.2 Å². The quantitative estimate of drug-likeness (QED) is 0.841. The van der Waals surface area contributed by atoms with E-state index < -0.39 is 23.2 Å². The summed E-state index contributed by atoms with van der Waals surface area (Å²) in [7, 11) is 0. The molecule has 1 aromatic heterocycles. The van der Waals surface area contributed by atoms with Crippen molar-refractivity contribution in [2.45, 2.75) is 6.92 Å². The molecule has 0 fully saturated rings. The van der Waals surface area contributed by atoms with E-state index in [1.807, 2.05) is 0 Å². The van der Waals surface area contributed by atoms with E-state index >= 15 is 0 Å². The monoisotopic (exact) mass is 237 g/mol. The van der Waals surface area contributed by atoms with Gasteiger partial charge in [-0.3, -0.25) is 9.89 Å². The summed E-state index contributed by atoms with van der Waals surface area (Å²) >= 11 is 0. The van der Waals surface area contributed by atoms with Crippen LogP contribution in [0, 0.1) is 18.6 Å². The molecule has 0 aliphatic rings. The Hall–Kier alpha value is -2.24. The van der Waals surface area contributed by atoms with Gasteiger partial charge in [0.1, 0.15) is 17.3 Å². The van der Waals surface area contributed by atoms with Crippen molar-refractivity contribution in [3.05, 3.63) is 47.3 Å². The maximum atomic E-state index is 13.2. The highest BCUT2D eigenvalue weighted by atomic mass is 19.1. The van der Waals surface area contributed by atoms with Crippen molar-refractivity contribution in [1.82, 2.24) is 10.2 Å². The summed E-state index contributed by atoms with van der Waals surface area (Å²) in [5.41, 5.74) is 0.285. The number of aromatic amines is 1. The number of para-hydroxylation sites is 1. The molecule has 6 heteroatoms. The van der Waals surface area contributed by atoms with Crippen LogP contribution in [0.5, 0.6) is 0 Å². The molecule has 1 amide bonds. The number of aromatic nitrogens is 2. The van der Waals surface area contributed by atoms with Gasteiger partial charge in [0, 0.05) is 5.69 Å². The largest absolute Gasteiger partial charge is 0.316 e. The highest BCUT2D eigenvalue weighted by Crippen LogP contribution is 2.18. The molecule has 88 valence electrons. The van der Waals surface area contributed by atoms with E-state index in [2.05, 4.69) is 15.5 Å². The van der Waals surface area contributed by atoms with Crippen LogP contribution in [0.3, 0.4) is 0 Å². The molecule has 4 nitrogen and oxygen atoms in total. The predicted octanol–water partition coefficient (Wildman–Crippen LogP) is 2.25. The number of nitrogens with one attached hydrogen (secondary N) is 2. The van der Waals surface area contributed by atoms with E-state index in [4.69, 9.17) is 0 Å². The van der Waals surface area contributed by atoms with E-state index in [-0.39, 0.29) is 5.69 Å². The average Bonchev–Trinajstić information content (AvgIpc) is 2.70. The summed E-state index contributed by atoms with van der Waals surface area (Å²) < 4.78 is 26.5. The zero-order chi connectivity index (χ0) is 12.4. The van der Waals surface area contributed by atoms with E-state index in [0.717, 1.165) is 12.1 Å². The predicted molar refractivity (Wildman–Crippen MR) is 57.6 cm³/mol. The number of anilines is 1. The number of rotatable bonds is 2. The zero-order valence-corrected chi connectivity index (χ0v) is 8.92. The van der Waals surface area contributed by atoms with Gasteiger partial charge in [0.25, 0.3) is 5.91 Å². The van der Waals surface area contributed by atoms with Gasteiger partial charge >= 0.3 is 0 Å². The van der Waals surface area contributed by atoms with Crippen molar-refractivity contribution >= 4 is 11.6 Å². The molecule has 0 saturated heterocycles. The summed E-state index contributed by atoms with van der Waals surface area (Å²) in [4.78, 5) is 11.6. The Balaban J connectivity index is 2.24. The normalized spacial score (nSPS) is 10.3. The topological polar surface area (TPSA) is 57.8 Å². The van der Waals surface area contributed by atoms with Crippen molar-refractivity contribution in [3.8, 4) is 0 Å². The Bertz CT molecular complexity index is 545. The van der Waals surface area contributed by atoms with Gasteiger partial charge in [0.2, 0.25) is 0 Å². The molecule has 0 unspecified atom stereocenters. The third kappa shape index (κ3) is 2.30. The van der Waals surface area contributed by atoms with E-state index in [1.54, 1.807) is 6.92 Å². The standard InChI is InChI=1S/C11H9F2N3O/c1-6-5-9(16-15-6)11(17)14-10-7(12)3-2-4-8(10)13/h2-5H,1H3,(H,14,17)(H,15,16). The van der Waals surface area contributed by atoms with Crippen LogP contribution >= 0.6 is 0 Å². The van der Waals surface area contributed by atoms with Gasteiger partial charge in [-0.2, -0.15) is 5.10 Å². The summed E-state index contributed by atoms with van der Waals surface area (Å²) in [6, 6.07) is 4.83. The number of benzene rings is 1. The fraction of sp³-hybridized carbons (Fsp3) is 0.0909. The molecule has 0 bridgehead atoms. The molecule has 17 heavy (non-hydrogen) atoms.